The SMILES string of the molecule is CC[C@H]1[C@@H](O)[C@@H]2[C@H](CC[C@]3(C)[C@@H]([C@H](C)CCOC(=O)N(C)S(=O)(=O)c4ccc(F)cc4)CC[C@@H]23)C2(C)CC[C@@H](O)C[C@@H]12. The minimum atomic E-state index is -4.13. The van der Waals surface area contributed by atoms with E-state index in [9.17, 15) is 27.8 Å². The lowest BCUT2D eigenvalue weighted by Crippen LogP contribution is -2.62. The van der Waals surface area contributed by atoms with Gasteiger partial charge in [0.05, 0.1) is 23.7 Å². The first-order chi connectivity index (χ1) is 19.8. The van der Waals surface area contributed by atoms with Gasteiger partial charge in [0.2, 0.25) is 0 Å². The van der Waals surface area contributed by atoms with Gasteiger partial charge in [0, 0.05) is 7.05 Å². The van der Waals surface area contributed by atoms with Gasteiger partial charge in [-0.25, -0.2) is 21.9 Å². The lowest BCUT2D eigenvalue weighted by molar-refractivity contribution is -0.203. The number of hydrogen-bond acceptors (Lipinski definition) is 6. The van der Waals surface area contributed by atoms with E-state index >= 15 is 0 Å². The minimum Gasteiger partial charge on any atom is -0.449 e. The van der Waals surface area contributed by atoms with Crippen molar-refractivity contribution in [2.45, 2.75) is 103 Å². The molecule has 11 atom stereocenters. The van der Waals surface area contributed by atoms with Crippen LogP contribution < -0.4 is 0 Å². The summed E-state index contributed by atoms with van der Waals surface area (Å²) in [6.45, 7) is 9.40. The van der Waals surface area contributed by atoms with Crippen LogP contribution in [0.3, 0.4) is 0 Å². The highest BCUT2D eigenvalue weighted by atomic mass is 32.2. The molecule has 0 saturated heterocycles. The van der Waals surface area contributed by atoms with Crippen LogP contribution in [-0.2, 0) is 14.8 Å². The van der Waals surface area contributed by atoms with Gasteiger partial charge in [-0.15, -0.1) is 0 Å². The van der Waals surface area contributed by atoms with Gasteiger partial charge in [0.15, 0.2) is 0 Å². The Balaban J connectivity index is 1.23. The first-order valence-corrected chi connectivity index (χ1v) is 17.5. The van der Waals surface area contributed by atoms with Gasteiger partial charge in [-0.1, -0.05) is 34.1 Å². The van der Waals surface area contributed by atoms with Crippen molar-refractivity contribution in [1.29, 1.82) is 0 Å². The average Bonchev–Trinajstić information content (AvgIpc) is 3.31. The van der Waals surface area contributed by atoms with E-state index in [1.807, 2.05) is 0 Å². The number of carbonyl (C=O) groups is 1. The number of ether oxygens (including phenoxy) is 1. The Morgan fingerprint density at radius 1 is 1.05 bits per heavy atom. The minimum absolute atomic E-state index is 0.101. The number of benzene rings is 1. The zero-order valence-corrected chi connectivity index (χ0v) is 26.7. The molecule has 2 N–H and O–H groups in total. The van der Waals surface area contributed by atoms with Crippen molar-refractivity contribution in [2.75, 3.05) is 13.7 Å². The maximum Gasteiger partial charge on any atom is 0.423 e. The molecule has 4 aliphatic rings. The quantitative estimate of drug-likeness (QED) is 0.381. The normalized spacial score (nSPS) is 40.4. The Hall–Kier alpha value is -1.71. The first kappa shape index (κ1) is 31.7. The molecule has 1 amide bonds. The summed E-state index contributed by atoms with van der Waals surface area (Å²) in [5, 5.41) is 22.4. The van der Waals surface area contributed by atoms with Crippen molar-refractivity contribution in [1.82, 2.24) is 4.31 Å². The third-order valence-corrected chi connectivity index (χ3v) is 14.4. The highest BCUT2D eigenvalue weighted by molar-refractivity contribution is 7.89. The fourth-order valence-electron chi connectivity index (χ4n) is 10.4. The Morgan fingerprint density at radius 2 is 1.69 bits per heavy atom. The van der Waals surface area contributed by atoms with E-state index in [0.29, 0.717) is 34.4 Å². The number of amides is 1. The lowest BCUT2D eigenvalue weighted by atomic mass is 9.41. The van der Waals surface area contributed by atoms with E-state index in [4.69, 9.17) is 4.74 Å². The second-order valence-corrected chi connectivity index (χ2v) is 16.4. The Labute approximate surface area is 251 Å². The molecule has 1 aromatic rings. The van der Waals surface area contributed by atoms with Crippen LogP contribution in [0.1, 0.15) is 85.5 Å². The number of rotatable bonds is 7. The van der Waals surface area contributed by atoms with E-state index < -0.39 is 21.9 Å². The molecule has 1 aromatic carbocycles. The summed E-state index contributed by atoms with van der Waals surface area (Å²) < 4.78 is 44.8. The van der Waals surface area contributed by atoms with Gasteiger partial charge in [0.25, 0.3) is 10.0 Å². The van der Waals surface area contributed by atoms with Crippen molar-refractivity contribution in [2.24, 2.45) is 52.3 Å². The molecule has 0 aliphatic heterocycles. The van der Waals surface area contributed by atoms with Gasteiger partial charge in [-0.05, 0) is 128 Å². The largest absolute Gasteiger partial charge is 0.449 e. The summed E-state index contributed by atoms with van der Waals surface area (Å²) in [7, 11) is -2.98. The second-order valence-electron chi connectivity index (χ2n) is 14.4. The standard InChI is InChI=1S/C33H50FNO6S/c1-6-24-28-19-22(36)13-16-33(28,4)27-14-17-32(3)25(11-12-26(32)29(27)30(24)37)20(2)15-18-41-31(38)35(5)42(39,40)23-9-7-21(34)8-10-23/h7-10,20,22,24-30,36-37H,6,11-19H2,1-5H3/t20-,22-,24-,25-,26+,27+,28+,29+,30-,32-,33?/m1/s1. The lowest BCUT2D eigenvalue weighted by Gasteiger charge is -2.64. The summed E-state index contributed by atoms with van der Waals surface area (Å²) in [5.41, 5.74) is 0.271. The van der Waals surface area contributed by atoms with E-state index in [2.05, 4.69) is 27.7 Å². The van der Waals surface area contributed by atoms with Crippen molar-refractivity contribution < 1.29 is 32.6 Å². The Morgan fingerprint density at radius 3 is 2.36 bits per heavy atom. The summed E-state index contributed by atoms with van der Waals surface area (Å²) in [4.78, 5) is 12.5. The molecular formula is C33H50FNO6S. The van der Waals surface area contributed by atoms with Crippen LogP contribution in [0.4, 0.5) is 9.18 Å². The number of hydrogen-bond donors (Lipinski definition) is 2. The smallest absolute Gasteiger partial charge is 0.423 e. The topological polar surface area (TPSA) is 104 Å². The van der Waals surface area contributed by atoms with Crippen LogP contribution in [-0.4, -0.2) is 54.9 Å². The maximum absolute atomic E-state index is 13.2. The van der Waals surface area contributed by atoms with Crippen LogP contribution >= 0.6 is 0 Å². The predicted octanol–water partition coefficient (Wildman–Crippen LogP) is 6.24. The zero-order valence-electron chi connectivity index (χ0n) is 25.8. The van der Waals surface area contributed by atoms with Gasteiger partial charge in [-0.3, -0.25) is 0 Å². The molecule has 0 radical (unpaired) electrons. The van der Waals surface area contributed by atoms with Gasteiger partial charge >= 0.3 is 6.09 Å². The van der Waals surface area contributed by atoms with Gasteiger partial charge in [0.1, 0.15) is 5.82 Å². The van der Waals surface area contributed by atoms with Crippen molar-refractivity contribution in [3.63, 3.8) is 0 Å². The molecular weight excluding hydrogens is 557 g/mol. The van der Waals surface area contributed by atoms with E-state index in [1.165, 1.54) is 0 Å². The summed E-state index contributed by atoms with van der Waals surface area (Å²) in [6.07, 6.45) is 7.19. The molecule has 0 heterocycles. The van der Waals surface area contributed by atoms with Crippen molar-refractivity contribution >= 4 is 16.1 Å². The third-order valence-electron chi connectivity index (χ3n) is 12.7. The molecule has 9 heteroatoms. The molecule has 7 nitrogen and oxygen atoms in total. The van der Waals surface area contributed by atoms with Gasteiger partial charge in [-0.2, -0.15) is 0 Å². The predicted molar refractivity (Wildman–Crippen MR) is 158 cm³/mol. The fourth-order valence-corrected chi connectivity index (χ4v) is 11.5. The number of aliphatic hydroxyl groups excluding tert-OH is 2. The molecule has 0 bridgehead atoms. The number of carbonyl (C=O) groups excluding carboxylic acids is 1. The highest BCUT2D eigenvalue weighted by Crippen LogP contribution is 2.69. The number of nitrogens with zero attached hydrogens (tertiary/aromatic N) is 1. The number of aliphatic hydroxyl groups is 2. The van der Waals surface area contributed by atoms with E-state index in [-0.39, 0.29) is 52.3 Å². The Bertz CT molecular complexity index is 1240. The second kappa shape index (κ2) is 11.7. The summed E-state index contributed by atoms with van der Waals surface area (Å²) in [5.74, 6) is 1.99. The van der Waals surface area contributed by atoms with Gasteiger partial charge < -0.3 is 14.9 Å². The molecule has 4 saturated carbocycles. The summed E-state index contributed by atoms with van der Waals surface area (Å²) >= 11 is 0. The first-order valence-electron chi connectivity index (χ1n) is 16.0. The molecule has 4 aliphatic carbocycles. The third kappa shape index (κ3) is 5.19. The summed E-state index contributed by atoms with van der Waals surface area (Å²) in [6, 6.07) is 4.35. The number of fused-ring (bicyclic) bond motifs is 5. The molecule has 0 aromatic heterocycles. The van der Waals surface area contributed by atoms with Crippen LogP contribution in [0.5, 0.6) is 0 Å². The van der Waals surface area contributed by atoms with Crippen molar-refractivity contribution in [3.8, 4) is 0 Å². The molecule has 0 spiro atoms. The number of halogens is 1. The average molecular weight is 608 g/mol. The van der Waals surface area contributed by atoms with Crippen LogP contribution in [0.25, 0.3) is 0 Å². The monoisotopic (exact) mass is 607 g/mol. The van der Waals surface area contributed by atoms with E-state index in [1.54, 1.807) is 0 Å². The molecule has 42 heavy (non-hydrogen) atoms. The van der Waals surface area contributed by atoms with Crippen LogP contribution in [0, 0.1) is 58.1 Å². The Kier molecular flexibility index (Phi) is 8.80. The van der Waals surface area contributed by atoms with Crippen LogP contribution in [0.2, 0.25) is 0 Å². The zero-order chi connectivity index (χ0) is 30.6. The number of sulfonamides is 1. The van der Waals surface area contributed by atoms with E-state index in [0.717, 1.165) is 82.7 Å². The molecule has 5 rings (SSSR count). The van der Waals surface area contributed by atoms with Crippen LogP contribution in [0.15, 0.2) is 29.2 Å². The molecule has 4 fully saturated rings. The molecule has 1 unspecified atom stereocenters. The highest BCUT2D eigenvalue weighted by Gasteiger charge is 2.64. The maximum atomic E-state index is 13.2. The molecule has 236 valence electrons. The fraction of sp³-hybridized carbons (Fsp3) is 0.788. The van der Waals surface area contributed by atoms with Crippen molar-refractivity contribution in [3.05, 3.63) is 30.1 Å².